The van der Waals surface area contributed by atoms with Crippen molar-refractivity contribution in [3.05, 3.63) is 83.4 Å². The van der Waals surface area contributed by atoms with E-state index < -0.39 is 5.97 Å². The summed E-state index contributed by atoms with van der Waals surface area (Å²) in [5.74, 6) is 1.38. The summed E-state index contributed by atoms with van der Waals surface area (Å²) < 4.78 is 26.5. The lowest BCUT2D eigenvalue weighted by Gasteiger charge is -2.12. The molecular weight excluding hydrogens is 424 g/mol. The van der Waals surface area contributed by atoms with Crippen LogP contribution in [0.15, 0.2) is 66.7 Å². The molecular formula is C26H24O7. The van der Waals surface area contributed by atoms with E-state index in [9.17, 15) is 9.59 Å². The van der Waals surface area contributed by atoms with Crippen molar-refractivity contribution in [1.82, 2.24) is 0 Å². The largest absolute Gasteiger partial charge is 0.497 e. The molecule has 0 unspecified atom stereocenters. The van der Waals surface area contributed by atoms with Gasteiger partial charge in [-0.3, -0.25) is 4.79 Å². The van der Waals surface area contributed by atoms with Gasteiger partial charge in [0.1, 0.15) is 34.3 Å². The van der Waals surface area contributed by atoms with Gasteiger partial charge in [0.15, 0.2) is 5.78 Å². The van der Waals surface area contributed by atoms with Crippen LogP contribution in [-0.4, -0.2) is 40.2 Å². The molecule has 0 aliphatic carbocycles. The normalized spacial score (nSPS) is 10.5. The van der Waals surface area contributed by atoms with Gasteiger partial charge in [-0.15, -0.1) is 0 Å². The number of carbonyl (C=O) groups is 2. The molecule has 0 aliphatic heterocycles. The van der Waals surface area contributed by atoms with Gasteiger partial charge in [0.05, 0.1) is 28.4 Å². The average Bonchev–Trinajstić information content (AvgIpc) is 2.86. The lowest BCUT2D eigenvalue weighted by molar-refractivity contribution is 0.0727. The van der Waals surface area contributed by atoms with Crippen LogP contribution in [0.3, 0.4) is 0 Å². The molecule has 7 nitrogen and oxygen atoms in total. The zero-order valence-corrected chi connectivity index (χ0v) is 18.8. The molecule has 0 aromatic heterocycles. The molecule has 0 atom stereocenters. The second-order valence-corrected chi connectivity index (χ2v) is 6.76. The summed E-state index contributed by atoms with van der Waals surface area (Å²) in [6, 6.07) is 16.6. The number of rotatable bonds is 9. The van der Waals surface area contributed by atoms with Crippen molar-refractivity contribution in [1.29, 1.82) is 0 Å². The van der Waals surface area contributed by atoms with Gasteiger partial charge in [-0.1, -0.05) is 6.07 Å². The van der Waals surface area contributed by atoms with E-state index in [0.29, 0.717) is 34.1 Å². The Kier molecular flexibility index (Phi) is 7.70. The zero-order chi connectivity index (χ0) is 23.8. The second-order valence-electron chi connectivity index (χ2n) is 6.76. The summed E-state index contributed by atoms with van der Waals surface area (Å²) in [5, 5.41) is 0. The number of benzene rings is 3. The van der Waals surface area contributed by atoms with Crippen LogP contribution in [0.2, 0.25) is 0 Å². The van der Waals surface area contributed by atoms with E-state index >= 15 is 0 Å². The first-order valence-corrected chi connectivity index (χ1v) is 9.98. The number of hydrogen-bond acceptors (Lipinski definition) is 7. The van der Waals surface area contributed by atoms with E-state index in [4.69, 9.17) is 23.7 Å². The number of hydrogen-bond donors (Lipinski definition) is 0. The highest BCUT2D eigenvalue weighted by atomic mass is 16.5. The highest BCUT2D eigenvalue weighted by Crippen LogP contribution is 2.30. The van der Waals surface area contributed by atoms with E-state index in [1.165, 1.54) is 20.3 Å². The topological polar surface area (TPSA) is 80.3 Å². The number of esters is 1. The first kappa shape index (κ1) is 23.4. The van der Waals surface area contributed by atoms with Crippen LogP contribution in [0.1, 0.15) is 26.3 Å². The van der Waals surface area contributed by atoms with Gasteiger partial charge < -0.3 is 23.7 Å². The van der Waals surface area contributed by atoms with E-state index in [2.05, 4.69) is 0 Å². The number of ether oxygens (including phenoxy) is 5. The summed E-state index contributed by atoms with van der Waals surface area (Å²) in [6.45, 7) is 0. The Labute approximate surface area is 192 Å². The highest BCUT2D eigenvalue weighted by molar-refractivity contribution is 6.07. The molecule has 0 N–H and O–H groups in total. The van der Waals surface area contributed by atoms with Crippen molar-refractivity contribution in [2.45, 2.75) is 0 Å². The molecule has 170 valence electrons. The molecule has 0 bridgehead atoms. The molecule has 3 aromatic rings. The minimum Gasteiger partial charge on any atom is -0.497 e. The van der Waals surface area contributed by atoms with Crippen molar-refractivity contribution in [3.8, 4) is 28.7 Å². The molecule has 0 amide bonds. The minimum atomic E-state index is -0.631. The maximum atomic E-state index is 12.7. The molecule has 3 aromatic carbocycles. The molecule has 33 heavy (non-hydrogen) atoms. The Morgan fingerprint density at radius 3 is 1.88 bits per heavy atom. The maximum Gasteiger partial charge on any atom is 0.351 e. The molecule has 0 spiro atoms. The highest BCUT2D eigenvalue weighted by Gasteiger charge is 2.20. The van der Waals surface area contributed by atoms with Crippen LogP contribution in [0.4, 0.5) is 0 Å². The molecule has 0 heterocycles. The third-order valence-corrected chi connectivity index (χ3v) is 4.83. The fraction of sp³-hybridized carbons (Fsp3) is 0.154. The SMILES string of the molecule is COc1ccc(OC)c(C=CC(=O)c2ccc(OC(=O)c3c(OC)cccc3OC)cc2)c1. The summed E-state index contributed by atoms with van der Waals surface area (Å²) >= 11 is 0. The van der Waals surface area contributed by atoms with Gasteiger partial charge in [-0.2, -0.15) is 0 Å². The fourth-order valence-corrected chi connectivity index (χ4v) is 3.13. The Morgan fingerprint density at radius 2 is 1.30 bits per heavy atom. The van der Waals surface area contributed by atoms with E-state index in [1.54, 1.807) is 81.0 Å². The standard InChI is InChI=1S/C26H24O7/c1-29-20-13-15-22(30-2)18(16-20)10-14-21(27)17-8-11-19(12-9-17)33-26(28)25-23(31-3)6-5-7-24(25)32-4/h5-16H,1-4H3. The van der Waals surface area contributed by atoms with Gasteiger partial charge >= 0.3 is 5.97 Å². The predicted octanol–water partition coefficient (Wildman–Crippen LogP) is 4.84. The third-order valence-electron chi connectivity index (χ3n) is 4.83. The number of methoxy groups -OCH3 is 4. The molecule has 7 heteroatoms. The third kappa shape index (κ3) is 5.51. The van der Waals surface area contributed by atoms with E-state index in [-0.39, 0.29) is 17.1 Å². The van der Waals surface area contributed by atoms with E-state index in [0.717, 1.165) is 0 Å². The summed E-state index contributed by atoms with van der Waals surface area (Å²) in [7, 11) is 6.04. The number of ketones is 1. The van der Waals surface area contributed by atoms with Crippen molar-refractivity contribution >= 4 is 17.8 Å². The van der Waals surface area contributed by atoms with Crippen LogP contribution in [0, 0.1) is 0 Å². The maximum absolute atomic E-state index is 12.7. The smallest absolute Gasteiger partial charge is 0.351 e. The second kappa shape index (κ2) is 10.9. The van der Waals surface area contributed by atoms with Crippen LogP contribution in [0.25, 0.3) is 6.08 Å². The van der Waals surface area contributed by atoms with E-state index in [1.807, 2.05) is 0 Å². The lowest BCUT2D eigenvalue weighted by Crippen LogP contribution is -2.12. The average molecular weight is 448 g/mol. The minimum absolute atomic E-state index is 0.179. The van der Waals surface area contributed by atoms with Crippen LogP contribution in [0.5, 0.6) is 28.7 Å². The van der Waals surface area contributed by atoms with Gasteiger partial charge in [0.25, 0.3) is 0 Å². The van der Waals surface area contributed by atoms with Crippen LogP contribution in [-0.2, 0) is 0 Å². The fourth-order valence-electron chi connectivity index (χ4n) is 3.13. The van der Waals surface area contributed by atoms with Gasteiger partial charge in [-0.05, 0) is 66.7 Å². The summed E-state index contributed by atoms with van der Waals surface area (Å²) in [5.41, 5.74) is 1.32. The van der Waals surface area contributed by atoms with Gasteiger partial charge in [-0.25, -0.2) is 4.79 Å². The van der Waals surface area contributed by atoms with Crippen LogP contribution < -0.4 is 23.7 Å². The van der Waals surface area contributed by atoms with Crippen LogP contribution >= 0.6 is 0 Å². The first-order valence-electron chi connectivity index (χ1n) is 9.98. The van der Waals surface area contributed by atoms with Gasteiger partial charge in [0.2, 0.25) is 0 Å². The molecule has 0 fully saturated rings. The quantitative estimate of drug-likeness (QED) is 0.201. The monoisotopic (exact) mass is 448 g/mol. The summed E-state index contributed by atoms with van der Waals surface area (Å²) in [6.07, 6.45) is 3.10. The Morgan fingerprint density at radius 1 is 0.697 bits per heavy atom. The first-order chi connectivity index (χ1) is 16.0. The Balaban J connectivity index is 1.74. The predicted molar refractivity (Wildman–Crippen MR) is 124 cm³/mol. The van der Waals surface area contributed by atoms with Crippen molar-refractivity contribution in [3.63, 3.8) is 0 Å². The Hall–Kier alpha value is -4.26. The van der Waals surface area contributed by atoms with Crippen molar-refractivity contribution in [2.75, 3.05) is 28.4 Å². The molecule has 0 aliphatic rings. The Bertz CT molecular complexity index is 1140. The number of allylic oxidation sites excluding steroid dienone is 1. The molecule has 0 saturated heterocycles. The molecule has 0 saturated carbocycles. The van der Waals surface area contributed by atoms with Crippen molar-refractivity contribution < 1.29 is 33.3 Å². The zero-order valence-electron chi connectivity index (χ0n) is 18.8. The number of carbonyl (C=O) groups excluding carboxylic acids is 2. The summed E-state index contributed by atoms with van der Waals surface area (Å²) in [4.78, 5) is 25.3. The lowest BCUT2D eigenvalue weighted by atomic mass is 10.1. The molecule has 0 radical (unpaired) electrons. The van der Waals surface area contributed by atoms with Crippen molar-refractivity contribution in [2.24, 2.45) is 0 Å². The molecule has 3 rings (SSSR count). The van der Waals surface area contributed by atoms with Gasteiger partial charge in [0, 0.05) is 11.1 Å².